The van der Waals surface area contributed by atoms with Crippen molar-refractivity contribution in [2.24, 2.45) is 17.1 Å². The minimum absolute atomic E-state index is 0.0161. The zero-order valence-corrected chi connectivity index (χ0v) is 9.20. The molecule has 15 heavy (non-hydrogen) atoms. The quantitative estimate of drug-likeness (QED) is 0.750. The first-order chi connectivity index (χ1) is 6.93. The molecule has 1 unspecified atom stereocenters. The highest BCUT2D eigenvalue weighted by molar-refractivity contribution is 8.00. The molecule has 1 aliphatic carbocycles. The van der Waals surface area contributed by atoms with Crippen molar-refractivity contribution in [3.8, 4) is 0 Å². The van der Waals surface area contributed by atoms with Crippen LogP contribution in [0.15, 0.2) is 0 Å². The number of nitrogens with two attached hydrogens (primary N) is 1. The molecule has 0 amide bonds. The largest absolute Gasteiger partial charge is 0.441 e. The molecule has 0 aliphatic heterocycles. The Morgan fingerprint density at radius 3 is 2.27 bits per heavy atom. The van der Waals surface area contributed by atoms with Crippen LogP contribution in [0.1, 0.15) is 19.3 Å². The van der Waals surface area contributed by atoms with E-state index in [0.29, 0.717) is 12.3 Å². The second-order valence-corrected chi connectivity index (χ2v) is 5.20. The Morgan fingerprint density at radius 2 is 1.93 bits per heavy atom. The highest BCUT2D eigenvalue weighted by Gasteiger charge is 2.44. The topological polar surface area (TPSA) is 46.2 Å². The average molecular weight is 243 g/mol. The first-order valence-electron chi connectivity index (χ1n) is 4.95. The van der Waals surface area contributed by atoms with E-state index in [4.69, 9.17) is 5.73 Å². The molecule has 0 aromatic carbocycles. The summed E-state index contributed by atoms with van der Waals surface area (Å²) in [7, 11) is 0. The molecule has 3 N–H and O–H groups in total. The minimum atomic E-state index is -4.18. The molecule has 90 valence electrons. The zero-order valence-electron chi connectivity index (χ0n) is 8.39. The molecule has 0 aromatic rings. The number of halogens is 3. The lowest BCUT2D eigenvalue weighted by atomic mass is 9.81. The molecule has 0 spiro atoms. The molecule has 0 radical (unpaired) electrons. The number of hydrogen-bond acceptors (Lipinski definition) is 3. The van der Waals surface area contributed by atoms with Crippen molar-refractivity contribution < 1.29 is 18.3 Å². The molecule has 6 heteroatoms. The van der Waals surface area contributed by atoms with Gasteiger partial charge in [-0.15, -0.1) is 0 Å². The Balaban J connectivity index is 2.38. The van der Waals surface area contributed by atoms with Gasteiger partial charge in [-0.25, -0.2) is 0 Å². The molecule has 1 aliphatic rings. The molecule has 0 heterocycles. The molecule has 1 rings (SSSR count). The minimum Gasteiger partial charge on any atom is -0.396 e. The molecule has 0 aromatic heterocycles. The lowest BCUT2D eigenvalue weighted by Crippen LogP contribution is -2.37. The number of rotatable bonds is 6. The summed E-state index contributed by atoms with van der Waals surface area (Å²) in [5.74, 6) is 0.305. The van der Waals surface area contributed by atoms with Gasteiger partial charge in [-0.2, -0.15) is 13.2 Å². The van der Waals surface area contributed by atoms with Gasteiger partial charge in [0.05, 0.1) is 6.61 Å². The van der Waals surface area contributed by atoms with E-state index in [1.54, 1.807) is 0 Å². The van der Waals surface area contributed by atoms with Crippen LogP contribution in [0.25, 0.3) is 0 Å². The smallest absolute Gasteiger partial charge is 0.396 e. The van der Waals surface area contributed by atoms with Crippen molar-refractivity contribution in [1.82, 2.24) is 0 Å². The Kier molecular flexibility index (Phi) is 4.31. The van der Waals surface area contributed by atoms with Crippen LogP contribution in [-0.2, 0) is 0 Å². The van der Waals surface area contributed by atoms with Crippen LogP contribution in [0.2, 0.25) is 0 Å². The van der Waals surface area contributed by atoms with Crippen molar-refractivity contribution in [2.75, 3.05) is 18.9 Å². The lowest BCUT2D eigenvalue weighted by molar-refractivity contribution is -0.0330. The van der Waals surface area contributed by atoms with Gasteiger partial charge in [0.25, 0.3) is 0 Å². The fourth-order valence-electron chi connectivity index (χ4n) is 1.81. The van der Waals surface area contributed by atoms with Gasteiger partial charge in [-0.1, -0.05) is 11.8 Å². The predicted octanol–water partition coefficient (Wildman–Crippen LogP) is 1.98. The molecule has 1 saturated carbocycles. The maximum atomic E-state index is 11.9. The second-order valence-electron chi connectivity index (χ2n) is 4.04. The second kappa shape index (κ2) is 4.93. The van der Waals surface area contributed by atoms with Gasteiger partial charge < -0.3 is 10.8 Å². The third-order valence-electron chi connectivity index (χ3n) is 3.03. The van der Waals surface area contributed by atoms with E-state index in [-0.39, 0.29) is 30.7 Å². The summed E-state index contributed by atoms with van der Waals surface area (Å²) in [4.78, 5) is 0. The van der Waals surface area contributed by atoms with E-state index >= 15 is 0 Å². The fourth-order valence-corrected chi connectivity index (χ4v) is 2.55. The van der Waals surface area contributed by atoms with Crippen molar-refractivity contribution in [1.29, 1.82) is 0 Å². The number of thioether (sulfide) groups is 1. The number of aliphatic hydroxyl groups is 1. The SMILES string of the molecule is NCC(CO)(CCSC(F)(F)F)C1CC1. The zero-order chi connectivity index (χ0) is 11.5. The van der Waals surface area contributed by atoms with Crippen molar-refractivity contribution >= 4 is 11.8 Å². The molecule has 2 nitrogen and oxygen atoms in total. The summed E-state index contributed by atoms with van der Waals surface area (Å²) in [5, 5.41) is 9.25. The maximum Gasteiger partial charge on any atom is 0.441 e. The Hall–Kier alpha value is 0.0600. The Labute approximate surface area is 91.4 Å². The summed E-state index contributed by atoms with van der Waals surface area (Å²) in [5.41, 5.74) is 0.903. The van der Waals surface area contributed by atoms with E-state index in [1.165, 1.54) is 0 Å². The van der Waals surface area contributed by atoms with Crippen LogP contribution >= 0.6 is 11.8 Å². The van der Waals surface area contributed by atoms with Gasteiger partial charge in [-0.3, -0.25) is 0 Å². The summed E-state index contributed by atoms with van der Waals surface area (Å²) in [6.07, 6.45) is 2.30. The van der Waals surface area contributed by atoms with E-state index in [9.17, 15) is 18.3 Å². The monoisotopic (exact) mass is 243 g/mol. The van der Waals surface area contributed by atoms with E-state index < -0.39 is 10.9 Å². The van der Waals surface area contributed by atoms with Gasteiger partial charge in [0, 0.05) is 17.7 Å². The van der Waals surface area contributed by atoms with E-state index in [2.05, 4.69) is 0 Å². The van der Waals surface area contributed by atoms with Crippen LogP contribution in [0, 0.1) is 11.3 Å². The van der Waals surface area contributed by atoms with Crippen LogP contribution in [0.3, 0.4) is 0 Å². The molecular formula is C9H16F3NOS. The van der Waals surface area contributed by atoms with Crippen molar-refractivity contribution in [3.05, 3.63) is 0 Å². The number of hydrogen-bond donors (Lipinski definition) is 2. The summed E-state index contributed by atoms with van der Waals surface area (Å²) >= 11 is -0.0303. The molecule has 1 fully saturated rings. The average Bonchev–Trinajstić information content (AvgIpc) is 2.95. The molecule has 1 atom stereocenters. The number of aliphatic hydroxyl groups excluding tert-OH is 1. The molecular weight excluding hydrogens is 227 g/mol. The van der Waals surface area contributed by atoms with Crippen LogP contribution in [-0.4, -0.2) is 29.5 Å². The Morgan fingerprint density at radius 1 is 1.33 bits per heavy atom. The van der Waals surface area contributed by atoms with Crippen molar-refractivity contribution in [2.45, 2.75) is 24.8 Å². The highest BCUT2D eigenvalue weighted by Crippen LogP contribution is 2.48. The highest BCUT2D eigenvalue weighted by atomic mass is 32.2. The molecule has 0 bridgehead atoms. The van der Waals surface area contributed by atoms with Crippen LogP contribution < -0.4 is 5.73 Å². The van der Waals surface area contributed by atoms with Gasteiger partial charge in [0.1, 0.15) is 0 Å². The normalized spacial score (nSPS) is 21.4. The summed E-state index contributed by atoms with van der Waals surface area (Å²) < 4.78 is 35.8. The Bertz CT molecular complexity index is 202. The van der Waals surface area contributed by atoms with Crippen LogP contribution in [0.5, 0.6) is 0 Å². The van der Waals surface area contributed by atoms with Gasteiger partial charge in [0.2, 0.25) is 0 Å². The van der Waals surface area contributed by atoms with Gasteiger partial charge in [0.15, 0.2) is 0 Å². The standard InChI is InChI=1S/C9H16F3NOS/c10-9(11,12)15-4-3-8(5-13,6-14)7-1-2-7/h7,14H,1-6,13H2. The third kappa shape index (κ3) is 3.85. The van der Waals surface area contributed by atoms with Crippen molar-refractivity contribution in [3.63, 3.8) is 0 Å². The first-order valence-corrected chi connectivity index (χ1v) is 5.94. The summed E-state index contributed by atoms with van der Waals surface area (Å²) in [6.45, 7) is 0.166. The maximum absolute atomic E-state index is 11.9. The summed E-state index contributed by atoms with van der Waals surface area (Å²) in [6, 6.07) is 0. The van der Waals surface area contributed by atoms with Crippen LogP contribution in [0.4, 0.5) is 13.2 Å². The fraction of sp³-hybridized carbons (Fsp3) is 1.00. The lowest BCUT2D eigenvalue weighted by Gasteiger charge is -2.30. The third-order valence-corrected chi connectivity index (χ3v) is 3.77. The first kappa shape index (κ1) is 13.1. The predicted molar refractivity (Wildman–Crippen MR) is 54.4 cm³/mol. The van der Waals surface area contributed by atoms with E-state index in [1.807, 2.05) is 0 Å². The van der Waals surface area contributed by atoms with Gasteiger partial charge >= 0.3 is 5.51 Å². The van der Waals surface area contributed by atoms with Gasteiger partial charge in [-0.05, 0) is 25.2 Å². The number of alkyl halides is 3. The van der Waals surface area contributed by atoms with E-state index in [0.717, 1.165) is 12.8 Å². The molecule has 0 saturated heterocycles.